The van der Waals surface area contributed by atoms with E-state index in [1.165, 1.54) is 3.57 Å². The van der Waals surface area contributed by atoms with Crippen LogP contribution in [0, 0.1) is 10.5 Å². The van der Waals surface area contributed by atoms with Crippen LogP contribution in [0.1, 0.15) is 31.7 Å². The Bertz CT molecular complexity index is 613. The second kappa shape index (κ2) is 7.59. The standard InChI is InChI=1S/C16H21IN4/c1-4-7-14-20-15(18-5-2)11(3)16(21-14)19-13-9-6-8-12(17)10-13/h6,8-10H,4-5,7H2,1-3H3,(H2,18,19,20,21). The number of aromatic nitrogens is 2. The SMILES string of the molecule is CCCc1nc(NCC)c(C)c(Nc2cccc(I)c2)n1. The first-order valence-electron chi connectivity index (χ1n) is 7.28. The summed E-state index contributed by atoms with van der Waals surface area (Å²) in [5.41, 5.74) is 2.10. The number of aryl methyl sites for hydroxylation is 1. The van der Waals surface area contributed by atoms with Crippen molar-refractivity contribution in [1.82, 2.24) is 9.97 Å². The first-order chi connectivity index (χ1) is 10.1. The highest BCUT2D eigenvalue weighted by Gasteiger charge is 2.10. The molecule has 0 aliphatic rings. The number of anilines is 3. The van der Waals surface area contributed by atoms with Crippen LogP contribution in [0.2, 0.25) is 0 Å². The van der Waals surface area contributed by atoms with E-state index in [9.17, 15) is 0 Å². The summed E-state index contributed by atoms with van der Waals surface area (Å²) in [6.07, 6.45) is 1.93. The Morgan fingerprint density at radius 3 is 2.57 bits per heavy atom. The van der Waals surface area contributed by atoms with Gasteiger partial charge in [-0.15, -0.1) is 0 Å². The summed E-state index contributed by atoms with van der Waals surface area (Å²) >= 11 is 2.31. The zero-order chi connectivity index (χ0) is 15.2. The van der Waals surface area contributed by atoms with Crippen molar-refractivity contribution in [3.8, 4) is 0 Å². The van der Waals surface area contributed by atoms with Gasteiger partial charge >= 0.3 is 0 Å². The van der Waals surface area contributed by atoms with Gasteiger partial charge in [0.05, 0.1) is 0 Å². The Morgan fingerprint density at radius 2 is 1.90 bits per heavy atom. The lowest BCUT2D eigenvalue weighted by atomic mass is 10.2. The predicted octanol–water partition coefficient (Wildman–Crippen LogP) is 4.52. The Kier molecular flexibility index (Phi) is 5.78. The minimum atomic E-state index is 0.853. The van der Waals surface area contributed by atoms with Crippen LogP contribution in [0.3, 0.4) is 0 Å². The van der Waals surface area contributed by atoms with Gasteiger partial charge in [-0.25, -0.2) is 9.97 Å². The molecule has 112 valence electrons. The van der Waals surface area contributed by atoms with Crippen LogP contribution < -0.4 is 10.6 Å². The van der Waals surface area contributed by atoms with E-state index in [1.54, 1.807) is 0 Å². The Labute approximate surface area is 139 Å². The monoisotopic (exact) mass is 396 g/mol. The van der Waals surface area contributed by atoms with Crippen molar-refractivity contribution in [2.45, 2.75) is 33.6 Å². The Hall–Kier alpha value is -1.37. The lowest BCUT2D eigenvalue weighted by Crippen LogP contribution is -2.09. The van der Waals surface area contributed by atoms with E-state index < -0.39 is 0 Å². The fraction of sp³-hybridized carbons (Fsp3) is 0.375. The molecule has 0 atom stereocenters. The number of rotatable bonds is 6. The average molecular weight is 396 g/mol. The summed E-state index contributed by atoms with van der Waals surface area (Å²) in [4.78, 5) is 9.27. The summed E-state index contributed by atoms with van der Waals surface area (Å²) in [6.45, 7) is 7.12. The molecule has 0 radical (unpaired) electrons. The molecule has 0 aliphatic carbocycles. The van der Waals surface area contributed by atoms with Gasteiger partial charge in [0.1, 0.15) is 17.5 Å². The van der Waals surface area contributed by atoms with E-state index in [4.69, 9.17) is 0 Å². The molecule has 4 nitrogen and oxygen atoms in total. The highest BCUT2D eigenvalue weighted by molar-refractivity contribution is 14.1. The first kappa shape index (κ1) is 16.0. The maximum Gasteiger partial charge on any atom is 0.139 e. The molecule has 2 N–H and O–H groups in total. The van der Waals surface area contributed by atoms with Gasteiger partial charge in [0.2, 0.25) is 0 Å². The van der Waals surface area contributed by atoms with Crippen LogP contribution in [0.15, 0.2) is 24.3 Å². The molecule has 0 amide bonds. The number of hydrogen-bond acceptors (Lipinski definition) is 4. The van der Waals surface area contributed by atoms with Crippen LogP contribution >= 0.6 is 22.6 Å². The second-order valence-electron chi connectivity index (χ2n) is 4.88. The topological polar surface area (TPSA) is 49.8 Å². The smallest absolute Gasteiger partial charge is 0.139 e. The molecule has 0 bridgehead atoms. The van der Waals surface area contributed by atoms with Crippen LogP contribution in [0.4, 0.5) is 17.3 Å². The van der Waals surface area contributed by atoms with Crippen LogP contribution in [-0.2, 0) is 6.42 Å². The Morgan fingerprint density at radius 1 is 1.14 bits per heavy atom. The predicted molar refractivity (Wildman–Crippen MR) is 97.4 cm³/mol. The van der Waals surface area contributed by atoms with Gasteiger partial charge < -0.3 is 10.6 Å². The number of halogens is 1. The summed E-state index contributed by atoms with van der Waals surface area (Å²) in [5.74, 6) is 2.68. The van der Waals surface area contributed by atoms with Crippen molar-refractivity contribution in [2.24, 2.45) is 0 Å². The van der Waals surface area contributed by atoms with E-state index in [-0.39, 0.29) is 0 Å². The molecule has 0 fully saturated rings. The highest BCUT2D eigenvalue weighted by Crippen LogP contribution is 2.24. The van der Waals surface area contributed by atoms with E-state index in [1.807, 2.05) is 13.0 Å². The molecule has 21 heavy (non-hydrogen) atoms. The number of hydrogen-bond donors (Lipinski definition) is 2. The molecule has 2 rings (SSSR count). The third kappa shape index (κ3) is 4.30. The van der Waals surface area contributed by atoms with Crippen molar-refractivity contribution >= 4 is 39.9 Å². The van der Waals surface area contributed by atoms with E-state index in [0.717, 1.165) is 48.1 Å². The van der Waals surface area contributed by atoms with Crippen molar-refractivity contribution in [3.63, 3.8) is 0 Å². The van der Waals surface area contributed by atoms with Crippen molar-refractivity contribution in [2.75, 3.05) is 17.2 Å². The molecule has 5 heteroatoms. The number of benzene rings is 1. The quantitative estimate of drug-likeness (QED) is 0.706. The molecule has 1 aromatic heterocycles. The largest absolute Gasteiger partial charge is 0.370 e. The fourth-order valence-corrected chi connectivity index (χ4v) is 2.61. The summed E-state index contributed by atoms with van der Waals surface area (Å²) in [7, 11) is 0. The molecule has 0 saturated heterocycles. The van der Waals surface area contributed by atoms with Crippen LogP contribution in [-0.4, -0.2) is 16.5 Å². The van der Waals surface area contributed by atoms with E-state index in [2.05, 4.69) is 75.2 Å². The minimum absolute atomic E-state index is 0.853. The molecule has 1 aromatic carbocycles. The van der Waals surface area contributed by atoms with Crippen LogP contribution in [0.25, 0.3) is 0 Å². The maximum absolute atomic E-state index is 4.67. The van der Waals surface area contributed by atoms with Gasteiger partial charge in [-0.3, -0.25) is 0 Å². The number of nitrogens with one attached hydrogen (secondary N) is 2. The third-order valence-corrected chi connectivity index (χ3v) is 3.77. The molecule has 0 unspecified atom stereocenters. The summed E-state index contributed by atoms with van der Waals surface area (Å²) in [6, 6.07) is 8.27. The Balaban J connectivity index is 2.36. The van der Waals surface area contributed by atoms with Gasteiger partial charge in [-0.1, -0.05) is 13.0 Å². The zero-order valence-electron chi connectivity index (χ0n) is 12.7. The molecular weight excluding hydrogens is 375 g/mol. The first-order valence-corrected chi connectivity index (χ1v) is 8.35. The highest BCUT2D eigenvalue weighted by atomic mass is 127. The van der Waals surface area contributed by atoms with Crippen molar-refractivity contribution < 1.29 is 0 Å². The average Bonchev–Trinajstić information content (AvgIpc) is 2.44. The second-order valence-corrected chi connectivity index (χ2v) is 6.12. The maximum atomic E-state index is 4.67. The summed E-state index contributed by atoms with van der Waals surface area (Å²) < 4.78 is 1.20. The molecule has 0 saturated carbocycles. The van der Waals surface area contributed by atoms with Gasteiger partial charge in [0.25, 0.3) is 0 Å². The van der Waals surface area contributed by atoms with Crippen LogP contribution in [0.5, 0.6) is 0 Å². The minimum Gasteiger partial charge on any atom is -0.370 e. The fourth-order valence-electron chi connectivity index (χ4n) is 2.06. The van der Waals surface area contributed by atoms with E-state index >= 15 is 0 Å². The van der Waals surface area contributed by atoms with E-state index in [0.29, 0.717) is 0 Å². The van der Waals surface area contributed by atoms with Gasteiger partial charge in [-0.2, -0.15) is 0 Å². The molecule has 0 spiro atoms. The molecule has 2 aromatic rings. The summed E-state index contributed by atoms with van der Waals surface area (Å²) in [5, 5.41) is 6.73. The van der Waals surface area contributed by atoms with Gasteiger partial charge in [0.15, 0.2) is 0 Å². The zero-order valence-corrected chi connectivity index (χ0v) is 14.9. The van der Waals surface area contributed by atoms with Crippen molar-refractivity contribution in [3.05, 3.63) is 39.2 Å². The lowest BCUT2D eigenvalue weighted by Gasteiger charge is -2.14. The van der Waals surface area contributed by atoms with Crippen molar-refractivity contribution in [1.29, 1.82) is 0 Å². The third-order valence-electron chi connectivity index (χ3n) is 3.10. The molecular formula is C16H21IN4. The van der Waals surface area contributed by atoms with Gasteiger partial charge in [-0.05, 0) is 61.1 Å². The molecule has 1 heterocycles. The molecule has 0 aliphatic heterocycles. The van der Waals surface area contributed by atoms with Gasteiger partial charge in [0, 0.05) is 27.8 Å². The normalized spacial score (nSPS) is 10.5. The lowest BCUT2D eigenvalue weighted by molar-refractivity contribution is 0.833. The number of nitrogens with zero attached hydrogens (tertiary/aromatic N) is 2.